The van der Waals surface area contributed by atoms with Crippen LogP contribution in [0, 0.1) is 0 Å². The summed E-state index contributed by atoms with van der Waals surface area (Å²) >= 11 is 12.8. The van der Waals surface area contributed by atoms with Gasteiger partial charge in [0.15, 0.2) is 17.7 Å². The monoisotopic (exact) mass is 574 g/mol. The minimum Gasteiger partial charge on any atom is -0.464 e. The van der Waals surface area contributed by atoms with E-state index in [1.54, 1.807) is 51.1 Å². The number of hydrogen-bond acceptors (Lipinski definition) is 8. The van der Waals surface area contributed by atoms with Crippen LogP contribution < -0.4 is 10.2 Å². The molecule has 1 aromatic heterocycles. The Kier molecular flexibility index (Phi) is 9.10. The largest absolute Gasteiger partial charge is 0.464 e. The number of nitrogens with one attached hydrogen (secondary N) is 1. The summed E-state index contributed by atoms with van der Waals surface area (Å²) < 4.78 is 5.54. The Hall–Kier alpha value is -4.22. The number of anilines is 2. The number of imide groups is 1. The van der Waals surface area contributed by atoms with Gasteiger partial charge in [0.2, 0.25) is 0 Å². The molecule has 13 heteroatoms. The van der Waals surface area contributed by atoms with Crippen LogP contribution in [0.25, 0.3) is 11.3 Å². The lowest BCUT2D eigenvalue weighted by Crippen LogP contribution is -2.37. The highest BCUT2D eigenvalue weighted by molar-refractivity contribution is 6.36. The number of nitrogens with zero attached hydrogens (tertiary/aromatic N) is 3. The SMILES string of the molecule is CC(C)(C)OC(=O)C(Nc1nc(-c2cccc(CC=O)c2)cnc1N(C(=O)O)C(=O)O)c1c(Cl)cccc1Cl. The highest BCUT2D eigenvalue weighted by Crippen LogP contribution is 2.36. The standard InChI is InChI=1S/C26H24Cl2N4O7/c1-26(2,3)39-23(34)20(19-16(27)8-5-9-17(19)28)31-21-22(32(24(35)36)25(37)38)29-13-18(30-21)15-7-4-6-14(12-15)10-11-33/h4-9,11-13,20H,10H2,1-3H3,(H,30,31)(H,35,36)(H,37,38). The average Bonchev–Trinajstić information content (AvgIpc) is 2.83. The third-order valence-corrected chi connectivity index (χ3v) is 5.76. The normalized spacial score (nSPS) is 11.8. The van der Waals surface area contributed by atoms with Crippen molar-refractivity contribution in [1.29, 1.82) is 0 Å². The zero-order valence-electron chi connectivity index (χ0n) is 21.0. The molecule has 2 aromatic carbocycles. The minimum absolute atomic E-state index is 0.0533. The molecule has 11 nitrogen and oxygen atoms in total. The molecule has 0 fully saturated rings. The van der Waals surface area contributed by atoms with Crippen LogP contribution in [-0.4, -0.2) is 50.2 Å². The Morgan fingerprint density at radius 1 is 1.08 bits per heavy atom. The number of amides is 2. The number of rotatable bonds is 8. The molecule has 0 saturated heterocycles. The van der Waals surface area contributed by atoms with Gasteiger partial charge in [0.05, 0.1) is 11.9 Å². The number of ether oxygens (including phenoxy) is 1. The van der Waals surface area contributed by atoms with Gasteiger partial charge in [0.1, 0.15) is 11.9 Å². The Morgan fingerprint density at radius 3 is 2.26 bits per heavy atom. The molecule has 39 heavy (non-hydrogen) atoms. The topological polar surface area (TPSA) is 159 Å². The van der Waals surface area contributed by atoms with Crippen LogP contribution in [0.5, 0.6) is 0 Å². The first kappa shape index (κ1) is 29.3. The highest BCUT2D eigenvalue weighted by Gasteiger charge is 2.34. The van der Waals surface area contributed by atoms with E-state index in [2.05, 4.69) is 15.3 Å². The lowest BCUT2D eigenvalue weighted by Gasteiger charge is -2.27. The van der Waals surface area contributed by atoms with Gasteiger partial charge < -0.3 is 25.1 Å². The van der Waals surface area contributed by atoms with Crippen molar-refractivity contribution in [1.82, 2.24) is 9.97 Å². The van der Waals surface area contributed by atoms with Crippen molar-refractivity contribution < 1.29 is 34.1 Å². The maximum Gasteiger partial charge on any atom is 0.422 e. The third-order valence-electron chi connectivity index (χ3n) is 5.10. The van der Waals surface area contributed by atoms with E-state index in [1.807, 2.05) is 0 Å². The van der Waals surface area contributed by atoms with E-state index in [9.17, 15) is 29.4 Å². The molecule has 1 heterocycles. The highest BCUT2D eigenvalue weighted by atomic mass is 35.5. The first-order chi connectivity index (χ1) is 18.3. The van der Waals surface area contributed by atoms with Crippen molar-refractivity contribution in [2.75, 3.05) is 10.2 Å². The van der Waals surface area contributed by atoms with Crippen molar-refractivity contribution in [3.05, 3.63) is 69.8 Å². The van der Waals surface area contributed by atoms with Gasteiger partial charge in [-0.1, -0.05) is 47.5 Å². The van der Waals surface area contributed by atoms with Crippen molar-refractivity contribution in [2.24, 2.45) is 0 Å². The van der Waals surface area contributed by atoms with Crippen LogP contribution in [0.3, 0.4) is 0 Å². The van der Waals surface area contributed by atoms with Gasteiger partial charge in [-0.25, -0.2) is 24.4 Å². The molecule has 2 amide bonds. The van der Waals surface area contributed by atoms with Gasteiger partial charge in [-0.05, 0) is 44.5 Å². The molecule has 0 aliphatic carbocycles. The molecular formula is C26H24Cl2N4O7. The molecule has 1 unspecified atom stereocenters. The number of aromatic nitrogens is 2. The van der Waals surface area contributed by atoms with Gasteiger partial charge in [0, 0.05) is 27.6 Å². The summed E-state index contributed by atoms with van der Waals surface area (Å²) in [6, 6.07) is 9.86. The minimum atomic E-state index is -1.86. The molecule has 0 radical (unpaired) electrons. The predicted molar refractivity (Wildman–Crippen MR) is 144 cm³/mol. The zero-order chi connectivity index (χ0) is 28.9. The maximum atomic E-state index is 13.4. The summed E-state index contributed by atoms with van der Waals surface area (Å²) in [5.41, 5.74) is 0.526. The molecule has 0 saturated carbocycles. The molecule has 3 N–H and O–H groups in total. The Bertz CT molecular complexity index is 1390. The molecule has 0 bridgehead atoms. The summed E-state index contributed by atoms with van der Waals surface area (Å²) in [5.74, 6) is -1.86. The van der Waals surface area contributed by atoms with E-state index in [-0.39, 0.29) is 38.4 Å². The average molecular weight is 575 g/mol. The Balaban J connectivity index is 2.24. The number of hydrogen-bond donors (Lipinski definition) is 3. The summed E-state index contributed by atoms with van der Waals surface area (Å²) in [6.07, 6.45) is -1.67. The fraction of sp³-hybridized carbons (Fsp3) is 0.231. The fourth-order valence-electron chi connectivity index (χ4n) is 3.53. The van der Waals surface area contributed by atoms with Crippen molar-refractivity contribution in [3.63, 3.8) is 0 Å². The van der Waals surface area contributed by atoms with E-state index < -0.39 is 35.6 Å². The smallest absolute Gasteiger partial charge is 0.422 e. The van der Waals surface area contributed by atoms with Crippen LogP contribution in [-0.2, 0) is 20.7 Å². The summed E-state index contributed by atoms with van der Waals surface area (Å²) in [6.45, 7) is 4.93. The van der Waals surface area contributed by atoms with Gasteiger partial charge in [-0.15, -0.1) is 0 Å². The van der Waals surface area contributed by atoms with Gasteiger partial charge in [-0.3, -0.25) is 0 Å². The molecule has 0 aliphatic rings. The van der Waals surface area contributed by atoms with Crippen LogP contribution in [0.1, 0.15) is 37.9 Å². The van der Waals surface area contributed by atoms with Gasteiger partial charge >= 0.3 is 18.2 Å². The Labute approximate surface area is 233 Å². The van der Waals surface area contributed by atoms with Crippen molar-refractivity contribution >= 4 is 59.3 Å². The predicted octanol–water partition coefficient (Wildman–Crippen LogP) is 5.85. The van der Waals surface area contributed by atoms with Crippen LogP contribution >= 0.6 is 23.2 Å². The number of carbonyl (C=O) groups is 4. The Morgan fingerprint density at radius 2 is 1.69 bits per heavy atom. The molecular weight excluding hydrogens is 551 g/mol. The second-order valence-corrected chi connectivity index (χ2v) is 9.96. The number of carbonyl (C=O) groups excluding carboxylic acids is 2. The molecule has 3 aromatic rings. The zero-order valence-corrected chi connectivity index (χ0v) is 22.5. The number of benzene rings is 2. The number of carboxylic acid groups (broad SMARTS) is 2. The van der Waals surface area contributed by atoms with Crippen LogP contribution in [0.15, 0.2) is 48.7 Å². The molecule has 0 aliphatic heterocycles. The molecule has 0 spiro atoms. The quantitative estimate of drug-likeness (QED) is 0.220. The first-order valence-corrected chi connectivity index (χ1v) is 12.2. The van der Waals surface area contributed by atoms with E-state index in [0.717, 1.165) is 6.29 Å². The van der Waals surface area contributed by atoms with E-state index >= 15 is 0 Å². The second kappa shape index (κ2) is 12.1. The fourth-order valence-corrected chi connectivity index (χ4v) is 4.15. The van der Waals surface area contributed by atoms with Crippen molar-refractivity contribution in [2.45, 2.75) is 38.8 Å². The van der Waals surface area contributed by atoms with Crippen molar-refractivity contribution in [3.8, 4) is 11.3 Å². The van der Waals surface area contributed by atoms with Crippen LogP contribution in [0.2, 0.25) is 10.0 Å². The number of esters is 1. The van der Waals surface area contributed by atoms with Crippen LogP contribution in [0.4, 0.5) is 21.2 Å². The van der Waals surface area contributed by atoms with E-state index in [0.29, 0.717) is 11.1 Å². The summed E-state index contributed by atoms with van der Waals surface area (Å²) in [7, 11) is 0. The maximum absolute atomic E-state index is 13.4. The number of halogens is 2. The first-order valence-electron chi connectivity index (χ1n) is 11.4. The molecule has 204 valence electrons. The van der Waals surface area contributed by atoms with E-state index in [4.69, 9.17) is 27.9 Å². The van der Waals surface area contributed by atoms with Gasteiger partial charge in [0.25, 0.3) is 0 Å². The second-order valence-electron chi connectivity index (χ2n) is 9.15. The third kappa shape index (κ3) is 7.21. The van der Waals surface area contributed by atoms with Gasteiger partial charge in [-0.2, -0.15) is 4.90 Å². The van der Waals surface area contributed by atoms with E-state index in [1.165, 1.54) is 18.3 Å². The summed E-state index contributed by atoms with van der Waals surface area (Å²) in [5, 5.41) is 22.1. The lowest BCUT2D eigenvalue weighted by atomic mass is 10.1. The summed E-state index contributed by atoms with van der Waals surface area (Å²) in [4.78, 5) is 56.4. The lowest BCUT2D eigenvalue weighted by molar-refractivity contribution is -0.156. The molecule has 3 rings (SSSR count). The number of aldehydes is 1. The molecule has 1 atom stereocenters.